The number of carbonyl (C=O) groups is 4. The molecule has 0 spiro atoms. The van der Waals surface area contributed by atoms with Gasteiger partial charge < -0.3 is 37.9 Å². The van der Waals surface area contributed by atoms with Crippen molar-refractivity contribution in [3.8, 4) is 0 Å². The molecule has 4 fully saturated rings. The van der Waals surface area contributed by atoms with Crippen molar-refractivity contribution >= 4 is 23.7 Å². The van der Waals surface area contributed by atoms with Crippen LogP contribution in [0, 0.1) is 41.4 Å². The third kappa shape index (κ3) is 8.30. The van der Waals surface area contributed by atoms with Crippen LogP contribution in [-0.2, 0) is 57.1 Å². The maximum Gasteiger partial charge on any atom is 0.306 e. The minimum Gasteiger partial charge on any atom is -0.462 e. The highest BCUT2D eigenvalue weighted by atomic mass is 16.7. The van der Waals surface area contributed by atoms with E-state index in [-0.39, 0.29) is 91.2 Å². The number of hydrogen-bond donors (Lipinski definition) is 0. The van der Waals surface area contributed by atoms with Gasteiger partial charge in [-0.25, -0.2) is 0 Å². The fourth-order valence-corrected chi connectivity index (χ4v) is 9.43. The van der Waals surface area contributed by atoms with Gasteiger partial charge in [-0.1, -0.05) is 19.9 Å². The second kappa shape index (κ2) is 17.0. The molecule has 0 aromatic carbocycles. The van der Waals surface area contributed by atoms with E-state index in [4.69, 9.17) is 37.9 Å². The van der Waals surface area contributed by atoms with Gasteiger partial charge in [0.1, 0.15) is 24.4 Å². The minimum atomic E-state index is -0.732. The van der Waals surface area contributed by atoms with E-state index in [9.17, 15) is 19.2 Å². The van der Waals surface area contributed by atoms with Gasteiger partial charge in [0.2, 0.25) is 0 Å². The third-order valence-electron chi connectivity index (χ3n) is 12.2. The lowest BCUT2D eigenvalue weighted by Crippen LogP contribution is -2.47. The number of hydrogen-bond acceptors (Lipinski definition) is 12. The second-order valence-electron chi connectivity index (χ2n) is 15.1. The van der Waals surface area contributed by atoms with E-state index >= 15 is 0 Å². The predicted molar refractivity (Wildman–Crippen MR) is 179 cm³/mol. The molecule has 5 unspecified atom stereocenters. The quantitative estimate of drug-likeness (QED) is 0.159. The molecule has 2 aliphatic heterocycles. The first-order chi connectivity index (χ1) is 23.9. The van der Waals surface area contributed by atoms with Crippen LogP contribution in [0.4, 0.5) is 0 Å². The topological polar surface area (TPSA) is 142 Å². The number of rotatable bonds is 12. The Bertz CT molecular complexity index is 1250. The van der Waals surface area contributed by atoms with Crippen LogP contribution in [0.1, 0.15) is 86.0 Å². The summed E-state index contributed by atoms with van der Waals surface area (Å²) < 4.78 is 47.6. The molecule has 12 heteroatoms. The first kappa shape index (κ1) is 38.8. The zero-order valence-electron chi connectivity index (χ0n) is 31.0. The Morgan fingerprint density at radius 1 is 0.940 bits per heavy atom. The first-order valence-corrected chi connectivity index (χ1v) is 18.6. The van der Waals surface area contributed by atoms with Crippen molar-refractivity contribution in [1.29, 1.82) is 0 Å². The average molecular weight is 707 g/mol. The Morgan fingerprint density at radius 3 is 2.32 bits per heavy atom. The van der Waals surface area contributed by atoms with Gasteiger partial charge in [-0.05, 0) is 75.7 Å². The lowest BCUT2D eigenvalue weighted by atomic mass is 9.60. The zero-order valence-corrected chi connectivity index (χ0v) is 31.0. The molecule has 282 valence electrons. The zero-order chi connectivity index (χ0) is 36.3. The smallest absolute Gasteiger partial charge is 0.306 e. The van der Waals surface area contributed by atoms with E-state index in [1.807, 2.05) is 27.7 Å². The van der Waals surface area contributed by atoms with Crippen molar-refractivity contribution in [1.82, 2.24) is 0 Å². The molecule has 0 radical (unpaired) electrons. The monoisotopic (exact) mass is 706 g/mol. The molecular formula is C38H58O12. The number of ether oxygens (including phenoxy) is 8. The molecule has 0 amide bonds. The van der Waals surface area contributed by atoms with Crippen LogP contribution in [0.5, 0.6) is 0 Å². The van der Waals surface area contributed by atoms with Crippen molar-refractivity contribution in [3.05, 3.63) is 11.6 Å². The normalized spacial score (nSPS) is 38.1. The van der Waals surface area contributed by atoms with E-state index in [0.717, 1.165) is 0 Å². The maximum absolute atomic E-state index is 14.4. The summed E-state index contributed by atoms with van der Waals surface area (Å²) in [6, 6.07) is 0. The van der Waals surface area contributed by atoms with Gasteiger partial charge >= 0.3 is 17.9 Å². The third-order valence-corrected chi connectivity index (χ3v) is 12.2. The van der Waals surface area contributed by atoms with Crippen LogP contribution < -0.4 is 0 Å². The standard InChI is InChI=1S/C38H58O12/c1-9-23-11-10-12-31(47-22(5)39)19(2)36(42)29-15-27-25-13-24(49-38(32(45-8)18-43-6)46-21(4)20(3)44-7)14-26(25)30-17-34(41)50-37(30)35(27)28(29)16-33(40)48-23/h15,19-21,23-28,30-32,35,37-38H,9-14,16-18H2,1-8H3/t19-,20-,21?,23+,24+,25-,26?,27+,28-,30?,31+,32+,35-,37?,38?/m1/s1. The van der Waals surface area contributed by atoms with Crippen molar-refractivity contribution < 1.29 is 57.1 Å². The van der Waals surface area contributed by atoms with Crippen LogP contribution >= 0.6 is 0 Å². The van der Waals surface area contributed by atoms with Crippen molar-refractivity contribution in [2.24, 2.45) is 41.4 Å². The molecule has 3 aliphatic carbocycles. The largest absolute Gasteiger partial charge is 0.462 e. The number of methoxy groups -OCH3 is 3. The lowest BCUT2D eigenvalue weighted by Gasteiger charge is -2.45. The Morgan fingerprint density at radius 2 is 1.66 bits per heavy atom. The molecule has 2 saturated carbocycles. The molecule has 0 aromatic rings. The fraction of sp³-hybridized carbons (Fsp3) is 0.842. The van der Waals surface area contributed by atoms with Gasteiger partial charge in [0.05, 0.1) is 43.7 Å². The second-order valence-corrected chi connectivity index (χ2v) is 15.1. The fourth-order valence-electron chi connectivity index (χ4n) is 9.43. The average Bonchev–Trinajstić information content (AvgIpc) is 3.78. The van der Waals surface area contributed by atoms with E-state index in [1.54, 1.807) is 21.3 Å². The molecule has 5 rings (SSSR count). The number of esters is 3. The number of allylic oxidation sites excluding steroid dienone is 2. The van der Waals surface area contributed by atoms with Crippen LogP contribution in [0.3, 0.4) is 0 Å². The number of carbonyl (C=O) groups excluding carboxylic acids is 4. The van der Waals surface area contributed by atoms with Gasteiger partial charge in [-0.15, -0.1) is 0 Å². The van der Waals surface area contributed by atoms with Crippen LogP contribution in [0.15, 0.2) is 11.6 Å². The maximum atomic E-state index is 14.4. The van der Waals surface area contributed by atoms with Crippen molar-refractivity contribution in [2.75, 3.05) is 27.9 Å². The Labute approximate surface area is 296 Å². The SMILES string of the molecule is CC[C@H]1CCC[C@H](OC(C)=O)[C@@H](C)C(=O)C2=C[C@@H]3[C@@H](C4OC(=O)CC4C4C[C@@H](OC(OC(C)[C@@H](C)OC)[C@H](COC)OC)C[C@H]43)[C@@H]2CC(=O)O1. The van der Waals surface area contributed by atoms with Crippen LogP contribution in [0.2, 0.25) is 0 Å². The molecule has 2 heterocycles. The molecule has 0 N–H and O–H groups in total. The number of Topliss-reactive ketones (excluding diaryl/α,β-unsaturated/α-hetero) is 1. The Hall–Kier alpha value is -2.38. The predicted octanol–water partition coefficient (Wildman–Crippen LogP) is 4.59. The molecule has 0 bridgehead atoms. The van der Waals surface area contributed by atoms with E-state index < -0.39 is 42.4 Å². The van der Waals surface area contributed by atoms with Gasteiger partial charge in [0.15, 0.2) is 12.1 Å². The van der Waals surface area contributed by atoms with Crippen LogP contribution in [-0.4, -0.2) is 101 Å². The summed E-state index contributed by atoms with van der Waals surface area (Å²) in [5, 5.41) is 0. The van der Waals surface area contributed by atoms with E-state index in [2.05, 4.69) is 6.08 Å². The summed E-state index contributed by atoms with van der Waals surface area (Å²) in [6.45, 7) is 9.29. The number of fused-ring (bicyclic) bond motifs is 8. The van der Waals surface area contributed by atoms with Crippen LogP contribution in [0.25, 0.3) is 0 Å². The minimum absolute atomic E-state index is 0.0241. The molecule has 5 aliphatic rings. The summed E-state index contributed by atoms with van der Waals surface area (Å²) in [7, 11) is 4.84. The molecule has 50 heavy (non-hydrogen) atoms. The Kier molecular flexibility index (Phi) is 13.2. The summed E-state index contributed by atoms with van der Waals surface area (Å²) in [6.07, 6.45) is 2.97. The molecular weight excluding hydrogens is 648 g/mol. The summed E-state index contributed by atoms with van der Waals surface area (Å²) in [5.41, 5.74) is 0.560. The lowest BCUT2D eigenvalue weighted by molar-refractivity contribution is -0.255. The molecule has 2 saturated heterocycles. The summed E-state index contributed by atoms with van der Waals surface area (Å²) in [4.78, 5) is 53.1. The van der Waals surface area contributed by atoms with Gasteiger partial charge in [0.25, 0.3) is 0 Å². The first-order valence-electron chi connectivity index (χ1n) is 18.6. The van der Waals surface area contributed by atoms with Crippen molar-refractivity contribution in [2.45, 2.75) is 135 Å². The highest BCUT2D eigenvalue weighted by molar-refractivity contribution is 5.99. The van der Waals surface area contributed by atoms with Crippen molar-refractivity contribution in [3.63, 3.8) is 0 Å². The van der Waals surface area contributed by atoms with Gasteiger partial charge in [-0.3, -0.25) is 19.2 Å². The Balaban J connectivity index is 1.47. The molecule has 12 nitrogen and oxygen atoms in total. The van der Waals surface area contributed by atoms with Gasteiger partial charge in [0, 0.05) is 46.0 Å². The summed E-state index contributed by atoms with van der Waals surface area (Å²) in [5.74, 6) is -2.48. The number of ketones is 1. The van der Waals surface area contributed by atoms with Gasteiger partial charge in [-0.2, -0.15) is 0 Å². The highest BCUT2D eigenvalue weighted by Crippen LogP contribution is 2.61. The molecule has 0 aromatic heterocycles. The molecule has 15 atom stereocenters. The highest BCUT2D eigenvalue weighted by Gasteiger charge is 2.62. The number of cyclic esters (lactones) is 1. The van der Waals surface area contributed by atoms with E-state index in [1.165, 1.54) is 6.92 Å². The summed E-state index contributed by atoms with van der Waals surface area (Å²) >= 11 is 0. The van der Waals surface area contributed by atoms with E-state index in [0.29, 0.717) is 44.1 Å².